The molecule has 0 aliphatic heterocycles. The normalized spacial score (nSPS) is 10.6. The molecule has 4 nitrogen and oxygen atoms in total. The van der Waals surface area contributed by atoms with Gasteiger partial charge in [0, 0.05) is 31.4 Å². The minimum atomic E-state index is -0.176. The molecule has 0 aliphatic rings. The Hall–Kier alpha value is -1.45. The molecule has 0 spiro atoms. The lowest BCUT2D eigenvalue weighted by molar-refractivity contribution is -0.115. The Morgan fingerprint density at radius 3 is 3.27 bits per heavy atom. The molecule has 0 radical (unpaired) electrons. The number of rotatable bonds is 2. The van der Waals surface area contributed by atoms with Gasteiger partial charge in [0.1, 0.15) is 0 Å². The third-order valence-corrected chi connectivity index (χ3v) is 1.14. The first-order valence-corrected chi connectivity index (χ1v) is 3.29. The molecule has 0 saturated carbocycles. The van der Waals surface area contributed by atoms with Gasteiger partial charge in [-0.3, -0.25) is 4.79 Å². The smallest absolute Gasteiger partial charge is 0.242 e. The maximum atomic E-state index is 10.3. The molecule has 1 aromatic rings. The van der Waals surface area contributed by atoms with E-state index in [1.807, 2.05) is 0 Å². The number of nitrogens with one attached hydrogen (secondary N) is 1. The highest BCUT2D eigenvalue weighted by Crippen LogP contribution is 1.89. The Morgan fingerprint density at radius 2 is 2.73 bits per heavy atom. The average molecular weight is 151 g/mol. The summed E-state index contributed by atoms with van der Waals surface area (Å²) < 4.78 is 0. The van der Waals surface area contributed by atoms with Crippen molar-refractivity contribution >= 4 is 12.1 Å². The summed E-state index contributed by atoms with van der Waals surface area (Å²) in [5.74, 6) is -0.176. The van der Waals surface area contributed by atoms with Gasteiger partial charge in [0.25, 0.3) is 0 Å². The minimum Gasteiger partial charge on any atom is -0.348 e. The van der Waals surface area contributed by atoms with Crippen LogP contribution in [0.15, 0.2) is 17.5 Å². The summed E-state index contributed by atoms with van der Waals surface area (Å²) in [6, 6.07) is 0. The van der Waals surface area contributed by atoms with Crippen LogP contribution in [0.2, 0.25) is 0 Å². The Balaban J connectivity index is 2.40. The zero-order valence-electron chi connectivity index (χ0n) is 6.24. The van der Waals surface area contributed by atoms with E-state index in [2.05, 4.69) is 15.0 Å². The first-order valence-electron chi connectivity index (χ1n) is 3.29. The number of aromatic amines is 1. The molecule has 1 rings (SSSR count). The van der Waals surface area contributed by atoms with Gasteiger partial charge in [0.15, 0.2) is 0 Å². The van der Waals surface area contributed by atoms with Gasteiger partial charge in [-0.05, 0) is 0 Å². The van der Waals surface area contributed by atoms with Crippen molar-refractivity contribution in [2.24, 2.45) is 4.99 Å². The molecule has 0 unspecified atom stereocenters. The van der Waals surface area contributed by atoms with E-state index < -0.39 is 0 Å². The second-order valence-electron chi connectivity index (χ2n) is 2.11. The largest absolute Gasteiger partial charge is 0.348 e. The number of hydrogen-bond donors (Lipinski definition) is 1. The molecule has 11 heavy (non-hydrogen) atoms. The van der Waals surface area contributed by atoms with Crippen LogP contribution in [-0.2, 0) is 11.2 Å². The van der Waals surface area contributed by atoms with E-state index in [9.17, 15) is 4.79 Å². The van der Waals surface area contributed by atoms with Gasteiger partial charge >= 0.3 is 0 Å². The molecule has 0 saturated heterocycles. The summed E-state index contributed by atoms with van der Waals surface area (Å²) in [6.07, 6.45) is 5.48. The van der Waals surface area contributed by atoms with Crippen molar-refractivity contribution in [2.75, 3.05) is 0 Å². The lowest BCUT2D eigenvalue weighted by Gasteiger charge is -1.84. The molecule has 0 bridgehead atoms. The quantitative estimate of drug-likeness (QED) is 0.628. The predicted molar refractivity (Wildman–Crippen MR) is 41.5 cm³/mol. The fourth-order valence-corrected chi connectivity index (χ4v) is 0.669. The average Bonchev–Trinajstić information content (AvgIpc) is 2.39. The number of aromatic nitrogens is 2. The number of carbonyl (C=O) groups is 1. The topological polar surface area (TPSA) is 58.1 Å². The highest BCUT2D eigenvalue weighted by atomic mass is 16.1. The van der Waals surface area contributed by atoms with Gasteiger partial charge in [-0.15, -0.1) is 0 Å². The van der Waals surface area contributed by atoms with Crippen molar-refractivity contribution in [2.45, 2.75) is 13.3 Å². The first kappa shape index (κ1) is 7.65. The molecular weight excluding hydrogens is 142 g/mol. The second kappa shape index (κ2) is 3.65. The van der Waals surface area contributed by atoms with Gasteiger partial charge in [-0.1, -0.05) is 0 Å². The van der Waals surface area contributed by atoms with Gasteiger partial charge in [0.2, 0.25) is 5.91 Å². The third-order valence-electron chi connectivity index (χ3n) is 1.14. The molecule has 0 aromatic carbocycles. The van der Waals surface area contributed by atoms with Gasteiger partial charge in [0.05, 0.1) is 6.33 Å². The molecule has 1 N–H and O–H groups in total. The van der Waals surface area contributed by atoms with Crippen LogP contribution in [0.5, 0.6) is 0 Å². The number of H-pyrrole nitrogens is 1. The number of imidazole rings is 1. The van der Waals surface area contributed by atoms with Crippen molar-refractivity contribution in [3.63, 3.8) is 0 Å². The second-order valence-corrected chi connectivity index (χ2v) is 2.11. The number of nitrogens with zero attached hydrogens (tertiary/aromatic N) is 2. The van der Waals surface area contributed by atoms with Crippen molar-refractivity contribution < 1.29 is 4.79 Å². The van der Waals surface area contributed by atoms with Crippen molar-refractivity contribution in [3.05, 3.63) is 18.2 Å². The van der Waals surface area contributed by atoms with E-state index in [-0.39, 0.29) is 5.91 Å². The number of aliphatic imine (C=N–C) groups is 1. The highest BCUT2D eigenvalue weighted by Gasteiger charge is 1.89. The van der Waals surface area contributed by atoms with Crippen LogP contribution in [0.25, 0.3) is 0 Å². The lowest BCUT2D eigenvalue weighted by Crippen LogP contribution is -1.89. The fraction of sp³-hybridized carbons (Fsp3) is 0.286. The summed E-state index contributed by atoms with van der Waals surface area (Å²) in [5.41, 5.74) is 0.954. The molecule has 1 heterocycles. The van der Waals surface area contributed by atoms with Crippen LogP contribution < -0.4 is 0 Å². The van der Waals surface area contributed by atoms with E-state index in [4.69, 9.17) is 0 Å². The molecule has 1 aromatic heterocycles. The number of hydrogen-bond acceptors (Lipinski definition) is 2. The van der Waals surface area contributed by atoms with E-state index in [0.717, 1.165) is 5.69 Å². The molecule has 58 valence electrons. The molecule has 1 amide bonds. The predicted octanol–water partition coefficient (Wildman–Crippen LogP) is 0.569. The highest BCUT2D eigenvalue weighted by molar-refractivity contribution is 5.83. The molecule has 0 fully saturated rings. The number of amides is 1. The molecular formula is C7H9N3O. The van der Waals surface area contributed by atoms with Gasteiger partial charge in [-0.2, -0.15) is 0 Å². The van der Waals surface area contributed by atoms with Crippen LogP contribution in [-0.4, -0.2) is 22.1 Å². The summed E-state index contributed by atoms with van der Waals surface area (Å²) >= 11 is 0. The van der Waals surface area contributed by atoms with Gasteiger partial charge in [-0.25, -0.2) is 9.98 Å². The maximum absolute atomic E-state index is 10.3. The van der Waals surface area contributed by atoms with E-state index in [1.54, 1.807) is 18.7 Å². The zero-order chi connectivity index (χ0) is 8.10. The van der Waals surface area contributed by atoms with E-state index >= 15 is 0 Å². The third kappa shape index (κ3) is 2.75. The molecule has 4 heteroatoms. The van der Waals surface area contributed by atoms with Crippen LogP contribution in [0.4, 0.5) is 0 Å². The summed E-state index contributed by atoms with van der Waals surface area (Å²) in [5, 5.41) is 0. The Labute approximate surface area is 64.4 Å². The molecule has 0 atom stereocenters. The van der Waals surface area contributed by atoms with Crippen LogP contribution in [0.3, 0.4) is 0 Å². The minimum absolute atomic E-state index is 0.176. The van der Waals surface area contributed by atoms with Crippen molar-refractivity contribution in [1.82, 2.24) is 9.97 Å². The van der Waals surface area contributed by atoms with Crippen molar-refractivity contribution in [3.8, 4) is 0 Å². The van der Waals surface area contributed by atoms with Crippen LogP contribution in [0.1, 0.15) is 12.6 Å². The van der Waals surface area contributed by atoms with E-state index in [0.29, 0.717) is 6.42 Å². The van der Waals surface area contributed by atoms with E-state index in [1.165, 1.54) is 6.92 Å². The zero-order valence-corrected chi connectivity index (χ0v) is 6.24. The molecule has 0 aliphatic carbocycles. The van der Waals surface area contributed by atoms with Gasteiger partial charge < -0.3 is 4.98 Å². The standard InChI is InChI=1S/C7H9N3O/c1-6(11)9-3-2-7-4-8-5-10-7/h3-5H,2H2,1H3,(H,8,10). The van der Waals surface area contributed by atoms with Crippen molar-refractivity contribution in [1.29, 1.82) is 0 Å². The summed E-state index contributed by atoms with van der Waals surface area (Å²) in [6.45, 7) is 1.42. The Morgan fingerprint density at radius 1 is 1.91 bits per heavy atom. The summed E-state index contributed by atoms with van der Waals surface area (Å²) in [7, 11) is 0. The Bertz CT molecular complexity index is 251. The monoisotopic (exact) mass is 151 g/mol. The lowest BCUT2D eigenvalue weighted by atomic mass is 10.4. The van der Waals surface area contributed by atoms with Crippen LogP contribution >= 0.6 is 0 Å². The fourth-order valence-electron chi connectivity index (χ4n) is 0.669. The van der Waals surface area contributed by atoms with Crippen LogP contribution in [0, 0.1) is 0 Å². The Kier molecular flexibility index (Phi) is 2.54. The number of carbonyl (C=O) groups excluding carboxylic acids is 1. The maximum Gasteiger partial charge on any atom is 0.242 e. The SMILES string of the molecule is CC(=O)N=CCc1cnc[nH]1. The summed E-state index contributed by atoms with van der Waals surface area (Å²) in [4.78, 5) is 20.7. The first-order chi connectivity index (χ1) is 5.29.